The number of aromatic nitrogens is 1. The molecule has 1 heterocycles. The molecule has 2 N–H and O–H groups in total. The number of carboxylic acid groups (broad SMARTS) is 1. The van der Waals surface area contributed by atoms with E-state index in [2.05, 4.69) is 10.3 Å². The molecule has 19 heavy (non-hydrogen) atoms. The number of carboxylic acids is 1. The molecule has 0 saturated carbocycles. The molecule has 5 heteroatoms. The quantitative estimate of drug-likeness (QED) is 0.895. The van der Waals surface area contributed by atoms with Crippen molar-refractivity contribution in [3.63, 3.8) is 0 Å². The summed E-state index contributed by atoms with van der Waals surface area (Å²) in [6, 6.07) is 5.19. The minimum absolute atomic E-state index is 0.105. The summed E-state index contributed by atoms with van der Waals surface area (Å²) in [7, 11) is 0. The SMILES string of the molecule is Cc1cnc(C(C)Nc2ccc(C(=O)O)cc2C)s1. The topological polar surface area (TPSA) is 62.2 Å². The molecule has 4 nitrogen and oxygen atoms in total. The third kappa shape index (κ3) is 3.12. The molecular formula is C14H16N2O2S. The largest absolute Gasteiger partial charge is 0.478 e. The number of nitrogens with one attached hydrogen (secondary N) is 1. The van der Waals surface area contributed by atoms with Crippen LogP contribution in [-0.4, -0.2) is 16.1 Å². The van der Waals surface area contributed by atoms with Crippen LogP contribution in [0.15, 0.2) is 24.4 Å². The first kappa shape index (κ1) is 13.5. The van der Waals surface area contributed by atoms with Crippen molar-refractivity contribution in [1.82, 2.24) is 4.98 Å². The van der Waals surface area contributed by atoms with E-state index in [4.69, 9.17) is 5.11 Å². The third-order valence-corrected chi connectivity index (χ3v) is 3.95. The number of hydrogen-bond acceptors (Lipinski definition) is 4. The summed E-state index contributed by atoms with van der Waals surface area (Å²) >= 11 is 1.66. The average Bonchev–Trinajstić information content (AvgIpc) is 2.78. The zero-order valence-corrected chi connectivity index (χ0v) is 11.9. The Labute approximate surface area is 116 Å². The molecule has 1 atom stereocenters. The zero-order valence-electron chi connectivity index (χ0n) is 11.1. The van der Waals surface area contributed by atoms with Crippen LogP contribution in [0, 0.1) is 13.8 Å². The molecule has 2 aromatic rings. The molecule has 0 amide bonds. The van der Waals surface area contributed by atoms with E-state index in [0.717, 1.165) is 16.3 Å². The number of thiazole rings is 1. The maximum Gasteiger partial charge on any atom is 0.335 e. The van der Waals surface area contributed by atoms with Crippen LogP contribution in [0.25, 0.3) is 0 Å². The molecule has 0 radical (unpaired) electrons. The van der Waals surface area contributed by atoms with Crippen molar-refractivity contribution < 1.29 is 9.90 Å². The van der Waals surface area contributed by atoms with Gasteiger partial charge in [0.15, 0.2) is 0 Å². The van der Waals surface area contributed by atoms with Crippen LogP contribution in [-0.2, 0) is 0 Å². The van der Waals surface area contributed by atoms with Crippen molar-refractivity contribution in [3.8, 4) is 0 Å². The Morgan fingerprint density at radius 2 is 2.16 bits per heavy atom. The lowest BCUT2D eigenvalue weighted by Crippen LogP contribution is -2.08. The zero-order chi connectivity index (χ0) is 14.0. The number of rotatable bonds is 4. The Kier molecular flexibility index (Phi) is 3.85. The van der Waals surface area contributed by atoms with Crippen molar-refractivity contribution in [2.45, 2.75) is 26.8 Å². The maximum absolute atomic E-state index is 10.9. The van der Waals surface area contributed by atoms with Crippen molar-refractivity contribution >= 4 is 23.0 Å². The molecule has 0 aliphatic carbocycles. The van der Waals surface area contributed by atoms with Gasteiger partial charge >= 0.3 is 5.97 Å². The molecule has 0 fully saturated rings. The van der Waals surface area contributed by atoms with Gasteiger partial charge in [-0.15, -0.1) is 11.3 Å². The maximum atomic E-state index is 10.9. The van der Waals surface area contributed by atoms with Gasteiger partial charge in [-0.1, -0.05) is 0 Å². The number of aryl methyl sites for hydroxylation is 2. The summed E-state index contributed by atoms with van der Waals surface area (Å²) in [5.41, 5.74) is 2.16. The van der Waals surface area contributed by atoms with Gasteiger partial charge in [0, 0.05) is 16.8 Å². The summed E-state index contributed by atoms with van der Waals surface area (Å²) in [4.78, 5) is 16.4. The second-order valence-electron chi connectivity index (χ2n) is 4.51. The normalized spacial score (nSPS) is 12.2. The fourth-order valence-electron chi connectivity index (χ4n) is 1.83. The number of hydrogen-bond donors (Lipinski definition) is 2. The van der Waals surface area contributed by atoms with Crippen molar-refractivity contribution in [1.29, 1.82) is 0 Å². The summed E-state index contributed by atoms with van der Waals surface area (Å²) in [6.07, 6.45) is 1.86. The van der Waals surface area contributed by atoms with Gasteiger partial charge in [-0.3, -0.25) is 0 Å². The van der Waals surface area contributed by atoms with E-state index in [-0.39, 0.29) is 6.04 Å². The summed E-state index contributed by atoms with van der Waals surface area (Å²) in [6.45, 7) is 5.97. The molecule has 0 aliphatic heterocycles. The molecule has 1 aromatic heterocycles. The predicted molar refractivity (Wildman–Crippen MR) is 77.0 cm³/mol. The van der Waals surface area contributed by atoms with Gasteiger partial charge in [0.25, 0.3) is 0 Å². The van der Waals surface area contributed by atoms with Crippen molar-refractivity contribution in [3.05, 3.63) is 45.4 Å². The molecule has 1 aromatic carbocycles. The minimum Gasteiger partial charge on any atom is -0.478 e. The van der Waals surface area contributed by atoms with Crippen LogP contribution in [0.4, 0.5) is 5.69 Å². The van der Waals surface area contributed by atoms with Crippen LogP contribution in [0.2, 0.25) is 0 Å². The van der Waals surface area contributed by atoms with E-state index in [9.17, 15) is 4.79 Å². The van der Waals surface area contributed by atoms with Crippen LogP contribution < -0.4 is 5.32 Å². The number of aromatic carboxylic acids is 1. The van der Waals surface area contributed by atoms with E-state index in [1.54, 1.807) is 29.5 Å². The van der Waals surface area contributed by atoms with E-state index in [1.807, 2.05) is 27.0 Å². The molecule has 0 bridgehead atoms. The standard InChI is InChI=1S/C14H16N2O2S/c1-8-6-11(14(17)18)4-5-12(8)16-10(3)13-15-7-9(2)19-13/h4-7,10,16H,1-3H3,(H,17,18). The van der Waals surface area contributed by atoms with Crippen LogP contribution >= 0.6 is 11.3 Å². The highest BCUT2D eigenvalue weighted by molar-refractivity contribution is 7.11. The Morgan fingerprint density at radius 3 is 2.68 bits per heavy atom. The van der Waals surface area contributed by atoms with Crippen LogP contribution in [0.5, 0.6) is 0 Å². The first-order valence-corrected chi connectivity index (χ1v) is 6.82. The van der Waals surface area contributed by atoms with Gasteiger partial charge in [0.05, 0.1) is 11.6 Å². The number of benzene rings is 1. The van der Waals surface area contributed by atoms with Gasteiger partial charge in [-0.2, -0.15) is 0 Å². The van der Waals surface area contributed by atoms with Crippen LogP contribution in [0.3, 0.4) is 0 Å². The Balaban J connectivity index is 2.17. The van der Waals surface area contributed by atoms with Gasteiger partial charge in [0.2, 0.25) is 0 Å². The molecule has 100 valence electrons. The monoisotopic (exact) mass is 276 g/mol. The van der Waals surface area contributed by atoms with Crippen molar-refractivity contribution in [2.75, 3.05) is 5.32 Å². The third-order valence-electron chi connectivity index (χ3n) is 2.85. The fourth-order valence-corrected chi connectivity index (χ4v) is 2.60. The fraction of sp³-hybridized carbons (Fsp3) is 0.286. The summed E-state index contributed by atoms with van der Waals surface area (Å²) in [5.74, 6) is -0.904. The second-order valence-corrected chi connectivity index (χ2v) is 5.78. The molecule has 2 rings (SSSR count). The lowest BCUT2D eigenvalue weighted by atomic mass is 10.1. The average molecular weight is 276 g/mol. The van der Waals surface area contributed by atoms with Gasteiger partial charge in [-0.25, -0.2) is 9.78 Å². The van der Waals surface area contributed by atoms with Crippen LogP contribution in [0.1, 0.15) is 38.8 Å². The minimum atomic E-state index is -0.904. The predicted octanol–water partition coefficient (Wildman–Crippen LogP) is 3.63. The Hall–Kier alpha value is -1.88. The highest BCUT2D eigenvalue weighted by atomic mass is 32.1. The molecule has 0 aliphatic rings. The lowest BCUT2D eigenvalue weighted by molar-refractivity contribution is 0.0697. The van der Waals surface area contributed by atoms with Gasteiger partial charge < -0.3 is 10.4 Å². The van der Waals surface area contributed by atoms with E-state index in [1.165, 1.54) is 4.88 Å². The smallest absolute Gasteiger partial charge is 0.335 e. The highest BCUT2D eigenvalue weighted by Gasteiger charge is 2.11. The van der Waals surface area contributed by atoms with Gasteiger partial charge in [-0.05, 0) is 44.5 Å². The first-order valence-electron chi connectivity index (χ1n) is 6.00. The second kappa shape index (κ2) is 5.40. The van der Waals surface area contributed by atoms with E-state index in [0.29, 0.717) is 5.56 Å². The molecule has 0 spiro atoms. The summed E-state index contributed by atoms with van der Waals surface area (Å²) in [5, 5.41) is 13.3. The lowest BCUT2D eigenvalue weighted by Gasteiger charge is -2.15. The molecule has 1 unspecified atom stereocenters. The first-order chi connectivity index (χ1) is 8.97. The van der Waals surface area contributed by atoms with E-state index < -0.39 is 5.97 Å². The van der Waals surface area contributed by atoms with Crippen molar-refractivity contribution in [2.24, 2.45) is 0 Å². The Morgan fingerprint density at radius 1 is 1.42 bits per heavy atom. The highest BCUT2D eigenvalue weighted by Crippen LogP contribution is 2.25. The number of nitrogens with zero attached hydrogens (tertiary/aromatic N) is 1. The number of carbonyl (C=O) groups is 1. The van der Waals surface area contributed by atoms with E-state index >= 15 is 0 Å². The molecule has 0 saturated heterocycles. The Bertz CT molecular complexity index is 607. The summed E-state index contributed by atoms with van der Waals surface area (Å²) < 4.78 is 0. The van der Waals surface area contributed by atoms with Gasteiger partial charge in [0.1, 0.15) is 5.01 Å². The number of anilines is 1. The molecular weight excluding hydrogens is 260 g/mol.